The summed E-state index contributed by atoms with van der Waals surface area (Å²) in [4.78, 5) is 7.96. The zero-order valence-electron chi connectivity index (χ0n) is 9.22. The highest BCUT2D eigenvalue weighted by Gasteiger charge is 2.04. The lowest BCUT2D eigenvalue weighted by Gasteiger charge is -2.07. The average Bonchev–Trinajstić information content (AvgIpc) is 2.34. The first-order valence-electron chi connectivity index (χ1n) is 5.05. The summed E-state index contributed by atoms with van der Waals surface area (Å²) >= 11 is 5.84. The lowest BCUT2D eigenvalue weighted by Crippen LogP contribution is -1.95. The van der Waals surface area contributed by atoms with Gasteiger partial charge in [-0.05, 0) is 30.7 Å². The number of benzene rings is 1. The van der Waals surface area contributed by atoms with Gasteiger partial charge in [0.15, 0.2) is 0 Å². The van der Waals surface area contributed by atoms with Gasteiger partial charge in [-0.3, -0.25) is 0 Å². The highest BCUT2D eigenvalue weighted by molar-refractivity contribution is 6.30. The lowest BCUT2D eigenvalue weighted by atomic mass is 10.2. The maximum Gasteiger partial charge on any atom is 0.321 e. The first kappa shape index (κ1) is 11.8. The van der Waals surface area contributed by atoms with Crippen LogP contribution in [0.5, 0.6) is 11.8 Å². The number of ether oxygens (including phenoxy) is 1. The molecular formula is C12H11ClN2O2. The van der Waals surface area contributed by atoms with Crippen molar-refractivity contribution in [1.82, 2.24) is 9.97 Å². The number of hydrogen-bond acceptors (Lipinski definition) is 4. The van der Waals surface area contributed by atoms with Crippen molar-refractivity contribution in [3.63, 3.8) is 0 Å². The molecule has 17 heavy (non-hydrogen) atoms. The molecule has 0 aliphatic carbocycles. The van der Waals surface area contributed by atoms with Crippen LogP contribution in [0, 0.1) is 6.92 Å². The standard InChI is InChI=1S/C12H11ClN2O2/c1-8-4-10(13)2-3-11(8)17-12-14-5-9(7-16)6-15-12/h2-6,16H,7H2,1H3. The van der Waals surface area contributed by atoms with Gasteiger partial charge in [0, 0.05) is 23.0 Å². The van der Waals surface area contributed by atoms with Crippen molar-refractivity contribution in [2.24, 2.45) is 0 Å². The van der Waals surface area contributed by atoms with Crippen LogP contribution in [0.1, 0.15) is 11.1 Å². The highest BCUT2D eigenvalue weighted by atomic mass is 35.5. The quantitative estimate of drug-likeness (QED) is 0.910. The predicted octanol–water partition coefficient (Wildman–Crippen LogP) is 2.72. The number of aliphatic hydroxyl groups is 1. The zero-order chi connectivity index (χ0) is 12.3. The van der Waals surface area contributed by atoms with E-state index in [4.69, 9.17) is 21.4 Å². The van der Waals surface area contributed by atoms with Crippen molar-refractivity contribution < 1.29 is 9.84 Å². The molecule has 2 aromatic rings. The SMILES string of the molecule is Cc1cc(Cl)ccc1Oc1ncc(CO)cn1. The molecule has 0 amide bonds. The minimum Gasteiger partial charge on any atom is -0.424 e. The molecule has 0 saturated carbocycles. The van der Waals surface area contributed by atoms with Crippen LogP contribution in [-0.2, 0) is 6.61 Å². The van der Waals surface area contributed by atoms with Crippen molar-refractivity contribution in [3.8, 4) is 11.8 Å². The summed E-state index contributed by atoms with van der Waals surface area (Å²) < 4.78 is 5.50. The monoisotopic (exact) mass is 250 g/mol. The van der Waals surface area contributed by atoms with Crippen LogP contribution in [0.4, 0.5) is 0 Å². The van der Waals surface area contributed by atoms with Gasteiger partial charge < -0.3 is 9.84 Å². The molecule has 0 aliphatic rings. The van der Waals surface area contributed by atoms with E-state index in [1.165, 1.54) is 12.4 Å². The van der Waals surface area contributed by atoms with Gasteiger partial charge in [0.1, 0.15) is 5.75 Å². The molecule has 88 valence electrons. The molecule has 0 unspecified atom stereocenters. The molecule has 0 fully saturated rings. The van der Waals surface area contributed by atoms with Gasteiger partial charge in [0.25, 0.3) is 0 Å². The molecule has 4 nitrogen and oxygen atoms in total. The van der Waals surface area contributed by atoms with E-state index >= 15 is 0 Å². The Morgan fingerprint density at radius 2 is 2.00 bits per heavy atom. The topological polar surface area (TPSA) is 55.2 Å². The molecule has 1 aromatic heterocycles. The second-order valence-corrected chi connectivity index (χ2v) is 3.98. The number of aliphatic hydroxyl groups excluding tert-OH is 1. The number of aromatic nitrogens is 2. The van der Waals surface area contributed by atoms with E-state index in [-0.39, 0.29) is 12.6 Å². The summed E-state index contributed by atoms with van der Waals surface area (Å²) in [5.74, 6) is 0.658. The predicted molar refractivity (Wildman–Crippen MR) is 64.2 cm³/mol. The Balaban J connectivity index is 2.19. The zero-order valence-corrected chi connectivity index (χ0v) is 9.98. The van der Waals surface area contributed by atoms with Gasteiger partial charge in [-0.25, -0.2) is 9.97 Å². The van der Waals surface area contributed by atoms with Crippen LogP contribution in [-0.4, -0.2) is 15.1 Å². The van der Waals surface area contributed by atoms with Crippen molar-refractivity contribution in [2.75, 3.05) is 0 Å². The molecule has 0 saturated heterocycles. The summed E-state index contributed by atoms with van der Waals surface area (Å²) in [5.41, 5.74) is 1.55. The summed E-state index contributed by atoms with van der Waals surface area (Å²) in [6.45, 7) is 1.81. The third-order valence-electron chi connectivity index (χ3n) is 2.20. The van der Waals surface area contributed by atoms with Crippen LogP contribution in [0.3, 0.4) is 0 Å². The average molecular weight is 251 g/mol. The first-order chi connectivity index (χ1) is 8.19. The van der Waals surface area contributed by atoms with Gasteiger partial charge in [0.2, 0.25) is 0 Å². The number of halogens is 1. The molecule has 0 aliphatic heterocycles. The van der Waals surface area contributed by atoms with Crippen molar-refractivity contribution in [1.29, 1.82) is 0 Å². The van der Waals surface area contributed by atoms with Crippen molar-refractivity contribution in [3.05, 3.63) is 46.7 Å². The van der Waals surface area contributed by atoms with E-state index < -0.39 is 0 Å². The molecule has 0 radical (unpaired) electrons. The molecule has 1 heterocycles. The Morgan fingerprint density at radius 1 is 1.29 bits per heavy atom. The largest absolute Gasteiger partial charge is 0.424 e. The molecule has 0 bridgehead atoms. The van der Waals surface area contributed by atoms with E-state index in [0.29, 0.717) is 16.3 Å². The van der Waals surface area contributed by atoms with E-state index in [2.05, 4.69) is 9.97 Å². The second-order valence-electron chi connectivity index (χ2n) is 3.54. The molecule has 1 N–H and O–H groups in total. The first-order valence-corrected chi connectivity index (χ1v) is 5.42. The minimum absolute atomic E-state index is 0.0831. The smallest absolute Gasteiger partial charge is 0.321 e. The number of aryl methyl sites for hydroxylation is 1. The minimum atomic E-state index is -0.0831. The van der Waals surface area contributed by atoms with Crippen LogP contribution in [0.15, 0.2) is 30.6 Å². The van der Waals surface area contributed by atoms with E-state index in [0.717, 1.165) is 5.56 Å². The summed E-state index contributed by atoms with van der Waals surface area (Å²) in [7, 11) is 0. The van der Waals surface area contributed by atoms with Gasteiger partial charge in [0.05, 0.1) is 6.61 Å². The summed E-state index contributed by atoms with van der Waals surface area (Å²) in [6.07, 6.45) is 3.04. The Hall–Kier alpha value is -1.65. The number of hydrogen-bond donors (Lipinski definition) is 1. The third-order valence-corrected chi connectivity index (χ3v) is 2.44. The molecule has 1 aromatic carbocycles. The van der Waals surface area contributed by atoms with Crippen LogP contribution >= 0.6 is 11.6 Å². The highest BCUT2D eigenvalue weighted by Crippen LogP contribution is 2.25. The number of nitrogens with zero attached hydrogens (tertiary/aromatic N) is 2. The van der Waals surface area contributed by atoms with Crippen molar-refractivity contribution in [2.45, 2.75) is 13.5 Å². The molecule has 5 heteroatoms. The van der Waals surface area contributed by atoms with E-state index in [9.17, 15) is 0 Å². The maximum atomic E-state index is 8.86. The van der Waals surface area contributed by atoms with E-state index in [1.807, 2.05) is 6.92 Å². The van der Waals surface area contributed by atoms with Crippen molar-refractivity contribution >= 4 is 11.6 Å². The fourth-order valence-corrected chi connectivity index (χ4v) is 1.53. The number of rotatable bonds is 3. The van der Waals surface area contributed by atoms with Gasteiger partial charge in [-0.1, -0.05) is 11.6 Å². The van der Waals surface area contributed by atoms with Gasteiger partial charge in [-0.2, -0.15) is 0 Å². The fraction of sp³-hybridized carbons (Fsp3) is 0.167. The normalized spacial score (nSPS) is 10.3. The Bertz CT molecular complexity index is 514. The Labute approximate surface area is 104 Å². The van der Waals surface area contributed by atoms with Gasteiger partial charge >= 0.3 is 6.01 Å². The molecule has 2 rings (SSSR count). The van der Waals surface area contributed by atoms with Crippen LogP contribution in [0.25, 0.3) is 0 Å². The molecule has 0 atom stereocenters. The summed E-state index contributed by atoms with van der Waals surface area (Å²) in [6, 6.07) is 5.55. The maximum absolute atomic E-state index is 8.86. The van der Waals surface area contributed by atoms with Crippen LogP contribution < -0.4 is 4.74 Å². The second kappa shape index (κ2) is 5.12. The molecule has 0 spiro atoms. The Morgan fingerprint density at radius 3 is 2.59 bits per heavy atom. The van der Waals surface area contributed by atoms with E-state index in [1.54, 1.807) is 18.2 Å². The summed E-state index contributed by atoms with van der Waals surface area (Å²) in [5, 5.41) is 9.52. The van der Waals surface area contributed by atoms with Gasteiger partial charge in [-0.15, -0.1) is 0 Å². The fourth-order valence-electron chi connectivity index (χ4n) is 1.30. The molecular weight excluding hydrogens is 240 g/mol. The third kappa shape index (κ3) is 2.93. The lowest BCUT2D eigenvalue weighted by molar-refractivity contribution is 0.280. The van der Waals surface area contributed by atoms with Crippen LogP contribution in [0.2, 0.25) is 5.02 Å². The Kier molecular flexibility index (Phi) is 3.56.